The van der Waals surface area contributed by atoms with Crippen molar-refractivity contribution in [2.45, 2.75) is 64.2 Å². The van der Waals surface area contributed by atoms with E-state index in [1.54, 1.807) is 0 Å². The number of hydrogen-bond donors (Lipinski definition) is 1. The molecule has 0 aromatic heterocycles. The molecular formula is C15H30N2O. The summed E-state index contributed by atoms with van der Waals surface area (Å²) in [4.78, 5) is 2.67. The molecule has 1 unspecified atom stereocenters. The summed E-state index contributed by atoms with van der Waals surface area (Å²) in [5.74, 6) is 0.865. The fourth-order valence-corrected chi connectivity index (χ4v) is 3.86. The minimum Gasteiger partial charge on any atom is -0.368 e. The van der Waals surface area contributed by atoms with Crippen LogP contribution in [0.15, 0.2) is 0 Å². The maximum atomic E-state index is 6.22. The van der Waals surface area contributed by atoms with Crippen molar-refractivity contribution >= 4 is 0 Å². The van der Waals surface area contributed by atoms with Crippen molar-refractivity contribution in [1.82, 2.24) is 10.2 Å². The molecule has 1 N–H and O–H groups in total. The first-order chi connectivity index (χ1) is 8.34. The van der Waals surface area contributed by atoms with Crippen LogP contribution in [0.25, 0.3) is 0 Å². The molecule has 2 heterocycles. The molecule has 2 fully saturated rings. The van der Waals surface area contributed by atoms with Crippen molar-refractivity contribution in [1.29, 1.82) is 0 Å². The van der Waals surface area contributed by atoms with Gasteiger partial charge in [0.15, 0.2) is 0 Å². The molecule has 0 saturated carbocycles. The molecule has 2 aliphatic heterocycles. The van der Waals surface area contributed by atoms with Crippen molar-refractivity contribution in [3.63, 3.8) is 0 Å². The highest BCUT2D eigenvalue weighted by molar-refractivity contribution is 5.00. The van der Waals surface area contributed by atoms with Crippen LogP contribution in [0.5, 0.6) is 0 Å². The molecule has 2 aliphatic rings. The molecule has 0 amide bonds. The minimum atomic E-state index is -0.000652. The second-order valence-corrected chi connectivity index (χ2v) is 7.22. The third-order valence-corrected chi connectivity index (χ3v) is 4.61. The van der Waals surface area contributed by atoms with Crippen molar-refractivity contribution in [2.75, 3.05) is 26.7 Å². The number of nitrogens with zero attached hydrogens (tertiary/aromatic N) is 1. The lowest BCUT2D eigenvalue weighted by atomic mass is 9.89. The predicted molar refractivity (Wildman–Crippen MR) is 75.9 cm³/mol. The van der Waals surface area contributed by atoms with E-state index in [0.717, 1.165) is 12.3 Å². The normalized spacial score (nSPS) is 32.8. The van der Waals surface area contributed by atoms with Crippen molar-refractivity contribution in [3.8, 4) is 0 Å². The number of hydrogen-bond acceptors (Lipinski definition) is 3. The summed E-state index contributed by atoms with van der Waals surface area (Å²) in [6.07, 6.45) is 3.82. The van der Waals surface area contributed by atoms with E-state index in [-0.39, 0.29) is 11.2 Å². The Balaban J connectivity index is 1.93. The summed E-state index contributed by atoms with van der Waals surface area (Å²) in [6.45, 7) is 12.6. The number of rotatable bonds is 3. The molecular weight excluding hydrogens is 224 g/mol. The van der Waals surface area contributed by atoms with Gasteiger partial charge in [-0.15, -0.1) is 0 Å². The van der Waals surface area contributed by atoms with Gasteiger partial charge in [-0.2, -0.15) is 0 Å². The molecule has 0 spiro atoms. The number of piperidine rings is 1. The fourth-order valence-electron chi connectivity index (χ4n) is 3.86. The van der Waals surface area contributed by atoms with Gasteiger partial charge >= 0.3 is 0 Å². The van der Waals surface area contributed by atoms with Crippen LogP contribution >= 0.6 is 0 Å². The maximum Gasteiger partial charge on any atom is 0.0789 e. The molecule has 0 aromatic carbocycles. The van der Waals surface area contributed by atoms with Gasteiger partial charge in [-0.3, -0.25) is 4.90 Å². The van der Waals surface area contributed by atoms with Crippen molar-refractivity contribution in [3.05, 3.63) is 0 Å². The van der Waals surface area contributed by atoms with E-state index in [4.69, 9.17) is 4.74 Å². The second kappa shape index (κ2) is 5.10. The van der Waals surface area contributed by atoms with Crippen LogP contribution < -0.4 is 5.32 Å². The molecule has 3 nitrogen and oxygen atoms in total. The number of likely N-dealkylation sites (tertiary alicyclic amines) is 1. The lowest BCUT2D eigenvalue weighted by molar-refractivity contribution is -0.0827. The van der Waals surface area contributed by atoms with Gasteiger partial charge in [0, 0.05) is 6.04 Å². The third-order valence-electron chi connectivity index (χ3n) is 4.61. The summed E-state index contributed by atoms with van der Waals surface area (Å²) in [7, 11) is 2.06. The number of ether oxygens (including phenoxy) is 1. The van der Waals surface area contributed by atoms with Gasteiger partial charge in [-0.1, -0.05) is 0 Å². The Morgan fingerprint density at radius 2 is 1.78 bits per heavy atom. The van der Waals surface area contributed by atoms with Crippen LogP contribution in [-0.2, 0) is 4.74 Å². The SMILES string of the molecule is CNCC1CCN(C2CC(C)(C)OC2(C)C)CC1. The standard InChI is InChI=1S/C15H30N2O/c1-14(2)10-13(15(3,4)18-14)17-8-6-12(7-9-17)11-16-5/h12-13,16H,6-11H2,1-5H3. The average Bonchev–Trinajstić information content (AvgIpc) is 2.48. The highest BCUT2D eigenvalue weighted by Gasteiger charge is 2.48. The Morgan fingerprint density at radius 1 is 1.17 bits per heavy atom. The first-order valence-corrected chi connectivity index (χ1v) is 7.43. The molecule has 1 atom stereocenters. The largest absolute Gasteiger partial charge is 0.368 e. The summed E-state index contributed by atoms with van der Waals surface area (Å²) >= 11 is 0. The average molecular weight is 254 g/mol. The molecule has 2 rings (SSSR count). The van der Waals surface area contributed by atoms with Gasteiger partial charge in [0.25, 0.3) is 0 Å². The van der Waals surface area contributed by atoms with Crippen LogP contribution in [0.2, 0.25) is 0 Å². The number of nitrogens with one attached hydrogen (secondary N) is 1. The van der Waals surface area contributed by atoms with Crippen molar-refractivity contribution < 1.29 is 4.74 Å². The van der Waals surface area contributed by atoms with E-state index in [2.05, 4.69) is 45.0 Å². The van der Waals surface area contributed by atoms with Crippen LogP contribution in [0.1, 0.15) is 47.0 Å². The van der Waals surface area contributed by atoms with Gasteiger partial charge in [0.2, 0.25) is 0 Å². The van der Waals surface area contributed by atoms with E-state index < -0.39 is 0 Å². The zero-order chi connectivity index (χ0) is 13.4. The van der Waals surface area contributed by atoms with Gasteiger partial charge < -0.3 is 10.1 Å². The Hall–Kier alpha value is -0.120. The molecule has 18 heavy (non-hydrogen) atoms. The highest BCUT2D eigenvalue weighted by Crippen LogP contribution is 2.41. The first-order valence-electron chi connectivity index (χ1n) is 7.43. The minimum absolute atomic E-state index is 0.000652. The van der Waals surface area contributed by atoms with E-state index in [0.29, 0.717) is 6.04 Å². The fraction of sp³-hybridized carbons (Fsp3) is 1.00. The maximum absolute atomic E-state index is 6.22. The van der Waals surface area contributed by atoms with E-state index in [1.165, 1.54) is 32.5 Å². The van der Waals surface area contributed by atoms with Gasteiger partial charge in [0.1, 0.15) is 0 Å². The van der Waals surface area contributed by atoms with E-state index in [1.807, 2.05) is 0 Å². The highest BCUT2D eigenvalue weighted by atomic mass is 16.5. The molecule has 0 aromatic rings. The van der Waals surface area contributed by atoms with Crippen LogP contribution in [0.4, 0.5) is 0 Å². The van der Waals surface area contributed by atoms with E-state index >= 15 is 0 Å². The van der Waals surface area contributed by atoms with Gasteiger partial charge in [-0.05, 0) is 79.6 Å². The van der Waals surface area contributed by atoms with Crippen molar-refractivity contribution in [2.24, 2.45) is 5.92 Å². The second-order valence-electron chi connectivity index (χ2n) is 7.22. The Kier molecular flexibility index (Phi) is 4.05. The zero-order valence-corrected chi connectivity index (χ0v) is 12.8. The van der Waals surface area contributed by atoms with Gasteiger partial charge in [0.05, 0.1) is 11.2 Å². The Bertz CT molecular complexity index is 280. The lowest BCUT2D eigenvalue weighted by Crippen LogP contribution is -2.50. The lowest BCUT2D eigenvalue weighted by Gasteiger charge is -2.40. The third kappa shape index (κ3) is 3.06. The monoisotopic (exact) mass is 254 g/mol. The zero-order valence-electron chi connectivity index (χ0n) is 12.8. The smallest absolute Gasteiger partial charge is 0.0789 e. The molecule has 0 radical (unpaired) electrons. The quantitative estimate of drug-likeness (QED) is 0.836. The molecule has 2 saturated heterocycles. The summed E-state index contributed by atoms with van der Waals surface area (Å²) in [5, 5.41) is 3.31. The predicted octanol–water partition coefficient (Wildman–Crippen LogP) is 2.26. The Morgan fingerprint density at radius 3 is 2.22 bits per heavy atom. The van der Waals surface area contributed by atoms with Crippen LogP contribution in [0.3, 0.4) is 0 Å². The van der Waals surface area contributed by atoms with Crippen LogP contribution in [0, 0.1) is 5.92 Å². The first kappa shape index (κ1) is 14.3. The van der Waals surface area contributed by atoms with Gasteiger partial charge in [-0.25, -0.2) is 0 Å². The summed E-state index contributed by atoms with van der Waals surface area (Å²) in [5.41, 5.74) is 0.0370. The summed E-state index contributed by atoms with van der Waals surface area (Å²) in [6, 6.07) is 0.586. The van der Waals surface area contributed by atoms with Crippen LogP contribution in [-0.4, -0.2) is 48.8 Å². The van der Waals surface area contributed by atoms with E-state index in [9.17, 15) is 0 Å². The summed E-state index contributed by atoms with van der Waals surface area (Å²) < 4.78 is 6.22. The molecule has 3 heteroatoms. The topological polar surface area (TPSA) is 24.5 Å². The molecule has 106 valence electrons. The molecule has 0 bridgehead atoms. The Labute approximate surface area is 112 Å². The molecule has 0 aliphatic carbocycles.